The van der Waals surface area contributed by atoms with Crippen LogP contribution < -0.4 is 14.4 Å². The second-order valence-electron chi connectivity index (χ2n) is 7.04. The Bertz CT molecular complexity index is 1180. The highest BCUT2D eigenvalue weighted by Crippen LogP contribution is 2.25. The van der Waals surface area contributed by atoms with Crippen molar-refractivity contribution < 1.29 is 22.5 Å². The van der Waals surface area contributed by atoms with Crippen molar-refractivity contribution in [1.82, 2.24) is 15.5 Å². The summed E-state index contributed by atoms with van der Waals surface area (Å²) in [4.78, 5) is 17.0. The maximum Gasteiger partial charge on any atom is 0.246 e. The lowest BCUT2D eigenvalue weighted by Crippen LogP contribution is -2.47. The highest BCUT2D eigenvalue weighted by Gasteiger charge is 2.29. The van der Waals surface area contributed by atoms with Gasteiger partial charge in [-0.25, -0.2) is 8.42 Å². The van der Waals surface area contributed by atoms with Crippen LogP contribution in [-0.2, 0) is 21.4 Å². The van der Waals surface area contributed by atoms with Gasteiger partial charge in [-0.3, -0.25) is 9.10 Å². The Morgan fingerprint density at radius 2 is 1.97 bits per heavy atom. The molecule has 31 heavy (non-hydrogen) atoms. The highest BCUT2D eigenvalue weighted by atomic mass is 32.2. The summed E-state index contributed by atoms with van der Waals surface area (Å²) >= 11 is 0. The zero-order valence-electron chi connectivity index (χ0n) is 17.7. The number of nitrogens with zero attached hydrogens (tertiary/aromatic N) is 3. The molecule has 164 valence electrons. The van der Waals surface area contributed by atoms with Crippen molar-refractivity contribution in [3.8, 4) is 17.1 Å². The first-order valence-corrected chi connectivity index (χ1v) is 11.3. The fourth-order valence-electron chi connectivity index (χ4n) is 3.09. The van der Waals surface area contributed by atoms with Crippen LogP contribution in [0.25, 0.3) is 11.4 Å². The molecule has 2 aromatic carbocycles. The third-order valence-corrected chi connectivity index (χ3v) is 5.80. The maximum absolute atomic E-state index is 12.7. The van der Waals surface area contributed by atoms with Crippen LogP contribution in [0.15, 0.2) is 53.1 Å². The molecule has 1 aromatic heterocycles. The van der Waals surface area contributed by atoms with Crippen LogP contribution >= 0.6 is 0 Å². The van der Waals surface area contributed by atoms with Crippen molar-refractivity contribution in [3.05, 3.63) is 60.0 Å². The van der Waals surface area contributed by atoms with E-state index in [1.807, 2.05) is 31.2 Å². The lowest BCUT2D eigenvalue weighted by atomic mass is 10.1. The van der Waals surface area contributed by atoms with Gasteiger partial charge in [0.1, 0.15) is 11.8 Å². The summed E-state index contributed by atoms with van der Waals surface area (Å²) in [5.74, 6) is 0.594. The molecule has 0 spiro atoms. The van der Waals surface area contributed by atoms with Crippen LogP contribution in [-0.4, -0.2) is 43.9 Å². The molecule has 0 fully saturated rings. The largest absolute Gasteiger partial charge is 0.497 e. The molecular weight excluding hydrogens is 420 g/mol. The first-order valence-electron chi connectivity index (χ1n) is 9.50. The van der Waals surface area contributed by atoms with E-state index < -0.39 is 22.0 Å². The average molecular weight is 445 g/mol. The number of amides is 1. The van der Waals surface area contributed by atoms with Gasteiger partial charge in [-0.2, -0.15) is 4.98 Å². The molecule has 1 unspecified atom stereocenters. The minimum atomic E-state index is -3.74. The van der Waals surface area contributed by atoms with Gasteiger partial charge >= 0.3 is 0 Å². The van der Waals surface area contributed by atoms with Gasteiger partial charge in [0.15, 0.2) is 0 Å². The number of aromatic nitrogens is 2. The monoisotopic (exact) mass is 444 g/mol. The molecule has 9 nitrogen and oxygen atoms in total. The van der Waals surface area contributed by atoms with E-state index in [-0.39, 0.29) is 12.4 Å². The second-order valence-corrected chi connectivity index (χ2v) is 8.89. The SMILES string of the molecule is COc1cccc(N(C(C)C(=O)NCc2nc(-c3cccc(C)c3)no2)S(C)(=O)=O)c1. The zero-order chi connectivity index (χ0) is 22.6. The topological polar surface area (TPSA) is 115 Å². The third-order valence-electron chi connectivity index (χ3n) is 4.55. The molecule has 0 bridgehead atoms. The molecule has 0 aliphatic carbocycles. The number of nitrogens with one attached hydrogen (secondary N) is 1. The fourth-order valence-corrected chi connectivity index (χ4v) is 4.26. The summed E-state index contributed by atoms with van der Waals surface area (Å²) in [6.07, 6.45) is 1.04. The predicted octanol–water partition coefficient (Wildman–Crippen LogP) is 2.52. The normalized spacial score (nSPS) is 12.3. The van der Waals surface area contributed by atoms with Gasteiger partial charge in [-0.15, -0.1) is 0 Å². The van der Waals surface area contributed by atoms with Crippen molar-refractivity contribution >= 4 is 21.6 Å². The number of rotatable bonds is 8. The number of sulfonamides is 1. The molecule has 0 aliphatic heterocycles. The molecule has 3 aromatic rings. The summed E-state index contributed by atoms with van der Waals surface area (Å²) < 4.78 is 36.2. The van der Waals surface area contributed by atoms with E-state index in [4.69, 9.17) is 9.26 Å². The zero-order valence-corrected chi connectivity index (χ0v) is 18.5. The molecule has 0 radical (unpaired) electrons. The number of carbonyl (C=O) groups excluding carboxylic acids is 1. The number of hydrogen-bond acceptors (Lipinski definition) is 7. The molecule has 1 heterocycles. The van der Waals surface area contributed by atoms with Crippen molar-refractivity contribution in [1.29, 1.82) is 0 Å². The van der Waals surface area contributed by atoms with E-state index in [1.165, 1.54) is 14.0 Å². The van der Waals surface area contributed by atoms with Crippen molar-refractivity contribution in [3.63, 3.8) is 0 Å². The predicted molar refractivity (Wildman–Crippen MR) is 116 cm³/mol. The van der Waals surface area contributed by atoms with E-state index in [0.29, 0.717) is 17.3 Å². The first-order chi connectivity index (χ1) is 14.7. The van der Waals surface area contributed by atoms with Crippen molar-refractivity contribution in [2.24, 2.45) is 0 Å². The quantitative estimate of drug-likeness (QED) is 0.568. The smallest absolute Gasteiger partial charge is 0.246 e. The van der Waals surface area contributed by atoms with Crippen LogP contribution in [0.4, 0.5) is 5.69 Å². The van der Waals surface area contributed by atoms with Gasteiger partial charge in [0.2, 0.25) is 27.6 Å². The average Bonchev–Trinajstić information content (AvgIpc) is 3.20. The molecule has 0 saturated carbocycles. The van der Waals surface area contributed by atoms with E-state index >= 15 is 0 Å². The van der Waals surface area contributed by atoms with E-state index in [0.717, 1.165) is 21.7 Å². The van der Waals surface area contributed by atoms with Gasteiger partial charge in [0.25, 0.3) is 0 Å². The number of methoxy groups -OCH3 is 1. The Balaban J connectivity index is 1.73. The van der Waals surface area contributed by atoms with Crippen LogP contribution in [0.1, 0.15) is 18.4 Å². The van der Waals surface area contributed by atoms with Crippen molar-refractivity contribution in [2.45, 2.75) is 26.4 Å². The van der Waals surface area contributed by atoms with E-state index in [2.05, 4.69) is 15.5 Å². The van der Waals surface area contributed by atoms with Gasteiger partial charge < -0.3 is 14.6 Å². The minimum absolute atomic E-state index is 0.0301. The van der Waals surface area contributed by atoms with Gasteiger partial charge in [-0.1, -0.05) is 35.0 Å². The van der Waals surface area contributed by atoms with Crippen LogP contribution in [0, 0.1) is 6.92 Å². The van der Waals surface area contributed by atoms with E-state index in [9.17, 15) is 13.2 Å². The van der Waals surface area contributed by atoms with Crippen LogP contribution in [0.5, 0.6) is 5.75 Å². The second kappa shape index (κ2) is 9.17. The van der Waals surface area contributed by atoms with Crippen LogP contribution in [0.2, 0.25) is 0 Å². The van der Waals surface area contributed by atoms with Gasteiger partial charge in [0, 0.05) is 11.6 Å². The molecule has 0 aliphatic rings. The molecular formula is C21H24N4O5S. The maximum atomic E-state index is 12.7. The van der Waals surface area contributed by atoms with E-state index in [1.54, 1.807) is 24.3 Å². The Labute approximate surface area is 181 Å². The lowest BCUT2D eigenvalue weighted by Gasteiger charge is -2.28. The Kier molecular flexibility index (Phi) is 6.59. The molecule has 3 rings (SSSR count). The van der Waals surface area contributed by atoms with Crippen LogP contribution in [0.3, 0.4) is 0 Å². The summed E-state index contributed by atoms with van der Waals surface area (Å²) in [7, 11) is -2.26. The summed E-state index contributed by atoms with van der Waals surface area (Å²) in [6.45, 7) is 3.43. The molecule has 1 N–H and O–H groups in total. The minimum Gasteiger partial charge on any atom is -0.497 e. The summed E-state index contributed by atoms with van der Waals surface area (Å²) in [5, 5.41) is 6.59. The van der Waals surface area contributed by atoms with Gasteiger partial charge in [0.05, 0.1) is 25.6 Å². The number of carbonyl (C=O) groups is 1. The first kappa shape index (κ1) is 22.3. The van der Waals surface area contributed by atoms with Crippen molar-refractivity contribution in [2.75, 3.05) is 17.7 Å². The number of ether oxygens (including phenoxy) is 1. The molecule has 0 saturated heterocycles. The highest BCUT2D eigenvalue weighted by molar-refractivity contribution is 7.92. The summed E-state index contributed by atoms with van der Waals surface area (Å²) in [5.41, 5.74) is 2.18. The standard InChI is InChI=1S/C21H24N4O5S/c1-14-7-5-8-16(11-14)20-23-19(30-24-20)13-22-21(26)15(2)25(31(4,27)28)17-9-6-10-18(12-17)29-3/h5-12,15H,13H2,1-4H3,(H,22,26). The Morgan fingerprint density at radius 1 is 1.23 bits per heavy atom. The molecule has 10 heteroatoms. The molecule has 1 atom stereocenters. The molecule has 1 amide bonds. The van der Waals surface area contributed by atoms with Gasteiger partial charge in [-0.05, 0) is 32.0 Å². The number of aryl methyl sites for hydroxylation is 1. The number of hydrogen-bond donors (Lipinski definition) is 1. The Morgan fingerprint density at radius 3 is 2.65 bits per heavy atom. The number of anilines is 1. The fraction of sp³-hybridized carbons (Fsp3) is 0.286. The summed E-state index contributed by atoms with van der Waals surface area (Å²) in [6, 6.07) is 13.1. The third kappa shape index (κ3) is 5.40. The number of benzene rings is 2. The Hall–Kier alpha value is -3.40. The lowest BCUT2D eigenvalue weighted by molar-refractivity contribution is -0.122.